The van der Waals surface area contributed by atoms with Gasteiger partial charge in [-0.05, 0) is 32.9 Å². The van der Waals surface area contributed by atoms with Crippen molar-refractivity contribution in [1.29, 1.82) is 0 Å². The van der Waals surface area contributed by atoms with Crippen molar-refractivity contribution >= 4 is 15.9 Å². The van der Waals surface area contributed by atoms with Crippen LogP contribution in [-0.2, 0) is 16.6 Å². The number of nitrogens with zero attached hydrogens (tertiary/aromatic N) is 4. The Morgan fingerprint density at radius 3 is 2.58 bits per heavy atom. The SMILES string of the molecule is CCN(C(=O)c1ncn2c1CN(CC)S(=O)(=O)c1ccccc1-2)C(C)C. The molecule has 0 aliphatic carbocycles. The summed E-state index contributed by atoms with van der Waals surface area (Å²) in [5, 5.41) is 0. The first-order valence-electron chi connectivity index (χ1n) is 8.79. The second-order valence-corrected chi connectivity index (χ2v) is 8.40. The van der Waals surface area contributed by atoms with Gasteiger partial charge in [-0.15, -0.1) is 0 Å². The van der Waals surface area contributed by atoms with Gasteiger partial charge in [0.15, 0.2) is 5.69 Å². The fourth-order valence-corrected chi connectivity index (χ4v) is 4.93. The van der Waals surface area contributed by atoms with Crippen molar-refractivity contribution in [2.24, 2.45) is 0 Å². The molecule has 7 nitrogen and oxygen atoms in total. The highest BCUT2D eigenvalue weighted by Crippen LogP contribution is 2.31. The van der Waals surface area contributed by atoms with E-state index in [0.29, 0.717) is 30.2 Å². The molecule has 2 aromatic rings. The van der Waals surface area contributed by atoms with E-state index in [1.807, 2.05) is 20.8 Å². The third-order valence-corrected chi connectivity index (χ3v) is 6.68. The van der Waals surface area contributed by atoms with Gasteiger partial charge in [0, 0.05) is 19.1 Å². The number of carbonyl (C=O) groups excluding carboxylic acids is 1. The van der Waals surface area contributed by atoms with E-state index in [1.165, 1.54) is 4.31 Å². The molecule has 0 spiro atoms. The molecule has 0 atom stereocenters. The number of hydrogen-bond acceptors (Lipinski definition) is 4. The first-order valence-corrected chi connectivity index (χ1v) is 10.2. The predicted octanol–water partition coefficient (Wildman–Crippen LogP) is 2.27. The molecule has 1 aliphatic rings. The maximum Gasteiger partial charge on any atom is 0.274 e. The number of rotatable bonds is 4. The van der Waals surface area contributed by atoms with E-state index in [9.17, 15) is 13.2 Å². The number of amides is 1. The lowest BCUT2D eigenvalue weighted by molar-refractivity contribution is 0.0709. The second kappa shape index (κ2) is 6.85. The number of fused-ring (bicyclic) bond motifs is 3. The highest BCUT2D eigenvalue weighted by atomic mass is 32.2. The minimum Gasteiger partial charge on any atom is -0.335 e. The third-order valence-electron chi connectivity index (χ3n) is 4.72. The summed E-state index contributed by atoms with van der Waals surface area (Å²) in [5.74, 6) is -0.177. The van der Waals surface area contributed by atoms with E-state index in [1.54, 1.807) is 47.0 Å². The summed E-state index contributed by atoms with van der Waals surface area (Å²) >= 11 is 0. The van der Waals surface area contributed by atoms with Gasteiger partial charge in [-0.3, -0.25) is 9.36 Å². The van der Waals surface area contributed by atoms with Crippen molar-refractivity contribution in [2.75, 3.05) is 13.1 Å². The van der Waals surface area contributed by atoms with E-state index in [2.05, 4.69) is 4.98 Å². The van der Waals surface area contributed by atoms with Crippen LogP contribution in [0.2, 0.25) is 0 Å². The monoisotopic (exact) mass is 376 g/mol. The van der Waals surface area contributed by atoms with Gasteiger partial charge in [0.2, 0.25) is 10.0 Å². The van der Waals surface area contributed by atoms with Crippen LogP contribution in [0.4, 0.5) is 0 Å². The number of aromatic nitrogens is 2. The van der Waals surface area contributed by atoms with Crippen molar-refractivity contribution in [3.05, 3.63) is 42.0 Å². The number of benzene rings is 1. The molecule has 0 unspecified atom stereocenters. The first kappa shape index (κ1) is 18.6. The summed E-state index contributed by atoms with van der Waals surface area (Å²) in [6, 6.07) is 6.86. The van der Waals surface area contributed by atoms with E-state index in [0.717, 1.165) is 0 Å². The summed E-state index contributed by atoms with van der Waals surface area (Å²) in [4.78, 5) is 19.3. The first-order chi connectivity index (χ1) is 12.3. The van der Waals surface area contributed by atoms with E-state index < -0.39 is 10.0 Å². The molecule has 1 aliphatic heterocycles. The van der Waals surface area contributed by atoms with Gasteiger partial charge in [0.25, 0.3) is 5.91 Å². The van der Waals surface area contributed by atoms with Crippen molar-refractivity contribution in [1.82, 2.24) is 18.8 Å². The van der Waals surface area contributed by atoms with Crippen LogP contribution < -0.4 is 0 Å². The van der Waals surface area contributed by atoms with E-state index >= 15 is 0 Å². The number of hydrogen-bond donors (Lipinski definition) is 0. The molecule has 0 bridgehead atoms. The van der Waals surface area contributed by atoms with Crippen molar-refractivity contribution in [3.63, 3.8) is 0 Å². The number of imidazole rings is 1. The zero-order valence-electron chi connectivity index (χ0n) is 15.5. The average molecular weight is 376 g/mol. The molecule has 0 radical (unpaired) electrons. The van der Waals surface area contributed by atoms with Crippen LogP contribution in [0.3, 0.4) is 0 Å². The second-order valence-electron chi connectivity index (χ2n) is 6.49. The number of para-hydroxylation sites is 1. The molecule has 1 aromatic carbocycles. The van der Waals surface area contributed by atoms with Gasteiger partial charge < -0.3 is 4.90 Å². The summed E-state index contributed by atoms with van der Waals surface area (Å²) < 4.78 is 29.1. The van der Waals surface area contributed by atoms with Crippen molar-refractivity contribution < 1.29 is 13.2 Å². The minimum atomic E-state index is -3.63. The zero-order valence-corrected chi connectivity index (χ0v) is 16.3. The van der Waals surface area contributed by atoms with Gasteiger partial charge in [0.05, 0.1) is 17.9 Å². The average Bonchev–Trinajstić information content (AvgIpc) is 2.99. The van der Waals surface area contributed by atoms with Crippen LogP contribution in [0.25, 0.3) is 5.69 Å². The van der Waals surface area contributed by atoms with Gasteiger partial charge >= 0.3 is 0 Å². The molecule has 0 saturated carbocycles. The summed E-state index contributed by atoms with van der Waals surface area (Å²) in [7, 11) is -3.63. The molecule has 140 valence electrons. The largest absolute Gasteiger partial charge is 0.335 e. The summed E-state index contributed by atoms with van der Waals surface area (Å²) in [6.07, 6.45) is 1.55. The molecule has 0 N–H and O–H groups in total. The van der Waals surface area contributed by atoms with Crippen LogP contribution in [0.15, 0.2) is 35.5 Å². The minimum absolute atomic E-state index is 0.0360. The highest BCUT2D eigenvalue weighted by Gasteiger charge is 2.34. The van der Waals surface area contributed by atoms with E-state index in [-0.39, 0.29) is 23.4 Å². The van der Waals surface area contributed by atoms with Crippen LogP contribution in [0.5, 0.6) is 0 Å². The van der Waals surface area contributed by atoms with Gasteiger partial charge in [0.1, 0.15) is 11.2 Å². The van der Waals surface area contributed by atoms with Crippen molar-refractivity contribution in [2.45, 2.75) is 45.2 Å². The highest BCUT2D eigenvalue weighted by molar-refractivity contribution is 7.89. The molecule has 1 amide bonds. The molecule has 0 fully saturated rings. The molecule has 1 aromatic heterocycles. The Balaban J connectivity index is 2.21. The molecule has 8 heteroatoms. The predicted molar refractivity (Wildman–Crippen MR) is 98.7 cm³/mol. The molecular weight excluding hydrogens is 352 g/mol. The lowest BCUT2D eigenvalue weighted by Crippen LogP contribution is -2.38. The van der Waals surface area contributed by atoms with Crippen LogP contribution in [0, 0.1) is 0 Å². The molecule has 0 saturated heterocycles. The Hall–Kier alpha value is -2.19. The number of sulfonamides is 1. The number of carbonyl (C=O) groups is 1. The van der Waals surface area contributed by atoms with Crippen molar-refractivity contribution in [3.8, 4) is 5.69 Å². The fourth-order valence-electron chi connectivity index (χ4n) is 3.34. The lowest BCUT2D eigenvalue weighted by Gasteiger charge is -2.25. The van der Waals surface area contributed by atoms with Gasteiger partial charge in [-0.25, -0.2) is 13.4 Å². The summed E-state index contributed by atoms with van der Waals surface area (Å²) in [6.45, 7) is 8.62. The quantitative estimate of drug-likeness (QED) is 0.820. The zero-order chi connectivity index (χ0) is 19.1. The Kier molecular flexibility index (Phi) is 4.90. The Morgan fingerprint density at radius 1 is 1.27 bits per heavy atom. The van der Waals surface area contributed by atoms with E-state index in [4.69, 9.17) is 0 Å². The lowest BCUT2D eigenvalue weighted by atomic mass is 10.2. The maximum atomic E-state index is 13.0. The molecule has 2 heterocycles. The molecular formula is C18H24N4O3S. The van der Waals surface area contributed by atoms with Crippen LogP contribution in [-0.4, -0.2) is 52.2 Å². The smallest absolute Gasteiger partial charge is 0.274 e. The Bertz CT molecular complexity index is 934. The standard InChI is InChI=1S/C18H24N4O3S/c1-5-20-11-15-17(18(23)21(6-2)13(3)4)19-12-22(15)14-9-7-8-10-16(14)26(20,24)25/h7-10,12-13H,5-6,11H2,1-4H3. The van der Waals surface area contributed by atoms with Crippen LogP contribution >= 0.6 is 0 Å². The third kappa shape index (κ3) is 2.83. The fraction of sp³-hybridized carbons (Fsp3) is 0.444. The Labute approximate surface area is 154 Å². The summed E-state index contributed by atoms with van der Waals surface area (Å²) in [5.41, 5.74) is 1.44. The maximum absolute atomic E-state index is 13.0. The normalized spacial score (nSPS) is 16.0. The molecule has 26 heavy (non-hydrogen) atoms. The van der Waals surface area contributed by atoms with Crippen LogP contribution in [0.1, 0.15) is 43.9 Å². The van der Waals surface area contributed by atoms with Gasteiger partial charge in [-0.2, -0.15) is 4.31 Å². The van der Waals surface area contributed by atoms with Gasteiger partial charge in [-0.1, -0.05) is 19.1 Å². The molecule has 3 rings (SSSR count). The Morgan fingerprint density at radius 2 is 1.96 bits per heavy atom. The topological polar surface area (TPSA) is 75.5 Å².